The fraction of sp³-hybridized carbons (Fsp3) is 1.00. The molecule has 1 unspecified atom stereocenters. The van der Waals surface area contributed by atoms with E-state index in [9.17, 15) is 43.3 Å². The summed E-state index contributed by atoms with van der Waals surface area (Å²) in [7, 11) is -12.0. The number of hydrogen-bond acceptors (Lipinski definition) is 6. The molecule has 0 saturated carbocycles. The molecule has 0 amide bonds. The lowest BCUT2D eigenvalue weighted by atomic mass is 10.3. The van der Waals surface area contributed by atoms with E-state index in [2.05, 4.69) is 4.18 Å². The summed E-state index contributed by atoms with van der Waals surface area (Å²) in [5.41, 5.74) is 0. The Morgan fingerprint density at radius 1 is 0.950 bits per heavy atom. The summed E-state index contributed by atoms with van der Waals surface area (Å²) in [6.45, 7) is 2.50. The van der Waals surface area contributed by atoms with Crippen molar-refractivity contribution < 1.29 is 47.5 Å². The maximum absolute atomic E-state index is 13.0. The van der Waals surface area contributed by atoms with Crippen LogP contribution in [0.1, 0.15) is 20.8 Å². The molecule has 0 aromatic heterocycles. The topological polar surface area (TPSA) is 101 Å². The smallest absolute Gasteiger partial charge is 0.423 e. The van der Waals surface area contributed by atoms with Crippen molar-refractivity contribution >= 4 is 20.2 Å². The maximum Gasteiger partial charge on any atom is 0.423 e. The van der Waals surface area contributed by atoms with Gasteiger partial charge in [-0.15, -0.1) is 0 Å². The van der Waals surface area contributed by atoms with Gasteiger partial charge in [0.25, 0.3) is 10.1 Å². The highest BCUT2D eigenvalue weighted by Crippen LogP contribution is 2.40. The zero-order chi connectivity index (χ0) is 16.8. The van der Waals surface area contributed by atoms with Crippen LogP contribution in [0.25, 0.3) is 0 Å². The highest BCUT2D eigenvalue weighted by atomic mass is 32.2. The van der Waals surface area contributed by atoms with Gasteiger partial charge in [0.2, 0.25) is 6.10 Å². The van der Waals surface area contributed by atoms with Gasteiger partial charge >= 0.3 is 11.4 Å². The van der Waals surface area contributed by atoms with Crippen molar-refractivity contribution in [3.63, 3.8) is 0 Å². The lowest BCUT2D eigenvalue weighted by Gasteiger charge is -2.31. The largest absolute Gasteiger partial charge is 0.743 e. The summed E-state index contributed by atoms with van der Waals surface area (Å²) in [6, 6.07) is 0. The van der Waals surface area contributed by atoms with Crippen molar-refractivity contribution in [2.24, 2.45) is 0 Å². The first-order valence-electron chi connectivity index (χ1n) is 4.67. The number of hydrogen-bond donors (Lipinski definition) is 0. The Hall–Kier alpha value is -0.530. The predicted octanol–water partition coefficient (Wildman–Crippen LogP) is 1.20. The Morgan fingerprint density at radius 2 is 1.30 bits per heavy atom. The molecule has 0 aromatic rings. The quantitative estimate of drug-likeness (QED) is 0.429. The third-order valence-corrected chi connectivity index (χ3v) is 4.74. The second kappa shape index (κ2) is 5.03. The van der Waals surface area contributed by atoms with Crippen molar-refractivity contribution in [2.45, 2.75) is 43.1 Å². The van der Waals surface area contributed by atoms with E-state index in [1.54, 1.807) is 0 Å². The molecule has 0 aromatic carbocycles. The van der Waals surface area contributed by atoms with Gasteiger partial charge in [0, 0.05) is 0 Å². The molecule has 0 aliphatic heterocycles. The highest BCUT2D eigenvalue weighted by Gasteiger charge is 2.63. The van der Waals surface area contributed by atoms with Gasteiger partial charge in [-0.05, 0) is 20.8 Å². The molecule has 6 nitrogen and oxygen atoms in total. The molecule has 0 aliphatic carbocycles. The van der Waals surface area contributed by atoms with Crippen LogP contribution in [0.15, 0.2) is 0 Å². The van der Waals surface area contributed by atoms with Crippen LogP contribution < -0.4 is 0 Å². The predicted molar refractivity (Wildman–Crippen MR) is 54.2 cm³/mol. The zero-order valence-electron chi connectivity index (χ0n) is 10.2. The minimum Gasteiger partial charge on any atom is -0.743 e. The summed E-state index contributed by atoms with van der Waals surface area (Å²) in [6.07, 6.45) is -10.7. The number of rotatable bonds is 4. The average Bonchev–Trinajstić information content (AvgIpc) is 2.08. The van der Waals surface area contributed by atoms with E-state index in [0.717, 1.165) is 20.8 Å². The molecule has 122 valence electrons. The van der Waals surface area contributed by atoms with E-state index in [1.165, 1.54) is 0 Å². The van der Waals surface area contributed by atoms with E-state index in [4.69, 9.17) is 0 Å². The molecule has 20 heavy (non-hydrogen) atoms. The summed E-state index contributed by atoms with van der Waals surface area (Å²) >= 11 is 0. The minimum atomic E-state index is -6.80. The van der Waals surface area contributed by atoms with Crippen molar-refractivity contribution in [1.82, 2.24) is 0 Å². The van der Waals surface area contributed by atoms with E-state index >= 15 is 0 Å². The third kappa shape index (κ3) is 3.99. The summed E-state index contributed by atoms with van der Waals surface area (Å²) in [4.78, 5) is 0. The Morgan fingerprint density at radius 3 is 1.50 bits per heavy atom. The minimum absolute atomic E-state index is 0.833. The Bertz CT molecular complexity index is 555. The maximum atomic E-state index is 13.0. The molecule has 0 saturated heterocycles. The van der Waals surface area contributed by atoms with Crippen LogP contribution in [0.4, 0.5) is 22.0 Å². The third-order valence-electron chi connectivity index (χ3n) is 1.91. The second-order valence-corrected chi connectivity index (χ2v) is 8.38. The molecule has 1 atom stereocenters. The first kappa shape index (κ1) is 19.5. The normalized spacial score (nSPS) is 17.1. The van der Waals surface area contributed by atoms with Gasteiger partial charge in [-0.2, -0.15) is 30.4 Å². The van der Waals surface area contributed by atoms with Gasteiger partial charge in [0.1, 0.15) is 0 Å². The molecular weight excluding hydrogens is 339 g/mol. The van der Waals surface area contributed by atoms with Gasteiger partial charge in [0.05, 0.1) is 4.75 Å². The fourth-order valence-corrected chi connectivity index (χ4v) is 1.98. The van der Waals surface area contributed by atoms with E-state index < -0.39 is 42.5 Å². The van der Waals surface area contributed by atoms with Crippen LogP contribution in [0, 0.1) is 0 Å². The van der Waals surface area contributed by atoms with E-state index in [1.807, 2.05) is 0 Å². The van der Waals surface area contributed by atoms with Crippen LogP contribution in [0.3, 0.4) is 0 Å². The monoisotopic (exact) mass is 349 g/mol. The lowest BCUT2D eigenvalue weighted by Crippen LogP contribution is -2.53. The van der Waals surface area contributed by atoms with Gasteiger partial charge < -0.3 is 4.55 Å². The van der Waals surface area contributed by atoms with E-state index in [0.29, 0.717) is 0 Å². The first-order valence-corrected chi connectivity index (χ1v) is 7.48. The lowest BCUT2D eigenvalue weighted by molar-refractivity contribution is -0.238. The molecular formula is C7H10F5O6S2-. The van der Waals surface area contributed by atoms with Crippen LogP contribution in [-0.2, 0) is 24.4 Å². The average molecular weight is 349 g/mol. The summed E-state index contributed by atoms with van der Waals surface area (Å²) in [5, 5.41) is -6.00. The van der Waals surface area contributed by atoms with Gasteiger partial charge in [0.15, 0.2) is 10.1 Å². The second-order valence-electron chi connectivity index (χ2n) is 4.60. The van der Waals surface area contributed by atoms with Gasteiger partial charge in [-0.25, -0.2) is 12.6 Å². The molecule has 13 heteroatoms. The Balaban J connectivity index is 5.93. The van der Waals surface area contributed by atoms with Crippen LogP contribution in [0.5, 0.6) is 0 Å². The van der Waals surface area contributed by atoms with Crippen molar-refractivity contribution in [3.05, 3.63) is 0 Å². The van der Waals surface area contributed by atoms with Gasteiger partial charge in [-0.3, -0.25) is 0 Å². The molecule has 0 radical (unpaired) electrons. The molecule has 0 heterocycles. The highest BCUT2D eigenvalue weighted by molar-refractivity contribution is 7.88. The fourth-order valence-electron chi connectivity index (χ4n) is 0.703. The van der Waals surface area contributed by atoms with Crippen LogP contribution in [-0.4, -0.2) is 43.7 Å². The zero-order valence-corrected chi connectivity index (χ0v) is 11.9. The molecule has 0 N–H and O–H groups in total. The van der Waals surface area contributed by atoms with E-state index in [-0.39, 0.29) is 0 Å². The van der Waals surface area contributed by atoms with Crippen LogP contribution in [0.2, 0.25) is 0 Å². The van der Waals surface area contributed by atoms with Crippen molar-refractivity contribution in [3.8, 4) is 0 Å². The summed E-state index contributed by atoms with van der Waals surface area (Å²) in [5.74, 6) is 0. The Labute approximate surface area is 111 Å². The van der Waals surface area contributed by atoms with Crippen molar-refractivity contribution in [2.75, 3.05) is 0 Å². The first-order chi connectivity index (χ1) is 8.34. The molecule has 0 bridgehead atoms. The molecule has 0 fully saturated rings. The van der Waals surface area contributed by atoms with Crippen molar-refractivity contribution in [1.29, 1.82) is 0 Å². The summed E-state index contributed by atoms with van der Waals surface area (Å²) < 4.78 is 118. The molecule has 0 aliphatic rings. The van der Waals surface area contributed by atoms with Crippen LogP contribution >= 0.6 is 0 Å². The standard InChI is InChI=1S/C7H11F5O6S2/c1-5(2,3)20(16,17)18-4(6(8,9)10)7(11,12)19(13,14)15/h4H,1-3H3,(H,13,14,15)/p-1. The molecule has 0 spiro atoms. The molecule has 0 rings (SSSR count). The number of alkyl halides is 5. The van der Waals surface area contributed by atoms with Gasteiger partial charge in [-0.1, -0.05) is 0 Å². The Kier molecular flexibility index (Phi) is 4.90. The SMILES string of the molecule is CC(C)(C)S(=O)(=O)OC(C(F)(F)F)C(F)(F)S(=O)(=O)[O-]. The number of halogens is 5.